The van der Waals surface area contributed by atoms with E-state index in [0.29, 0.717) is 36.9 Å². The topological polar surface area (TPSA) is 136 Å². The van der Waals surface area contributed by atoms with Gasteiger partial charge in [0.05, 0.1) is 4.90 Å². The van der Waals surface area contributed by atoms with Crippen molar-refractivity contribution in [2.75, 3.05) is 19.6 Å². The van der Waals surface area contributed by atoms with E-state index in [9.17, 15) is 28.2 Å². The molecule has 3 fully saturated rings. The molecular weight excluding hydrogens is 446 g/mol. The van der Waals surface area contributed by atoms with Gasteiger partial charge in [0.2, 0.25) is 10.0 Å². The average molecular weight is 480 g/mol. The summed E-state index contributed by atoms with van der Waals surface area (Å²) in [4.78, 5) is 25.4. The third kappa shape index (κ3) is 5.40. The number of aryl methyl sites for hydroxylation is 1. The van der Waals surface area contributed by atoms with Crippen LogP contribution >= 0.6 is 0 Å². The number of likely N-dealkylation sites (tertiary alicyclic amines) is 1. The maximum absolute atomic E-state index is 12.9. The lowest BCUT2D eigenvalue weighted by Crippen LogP contribution is -2.50. The molecule has 2 saturated heterocycles. The first-order valence-electron chi connectivity index (χ1n) is 11.6. The number of piperidine rings is 1. The fraction of sp³-hybridized carbons (Fsp3) is 0.652. The number of carboxylic acids is 2. The van der Waals surface area contributed by atoms with Crippen molar-refractivity contribution in [1.82, 2.24) is 14.9 Å². The third-order valence-electron chi connectivity index (χ3n) is 7.60. The molecule has 9 nitrogen and oxygen atoms in total. The van der Waals surface area contributed by atoms with E-state index in [4.69, 9.17) is 0 Å². The van der Waals surface area contributed by atoms with E-state index in [0.717, 1.165) is 25.8 Å². The zero-order valence-electron chi connectivity index (χ0n) is 18.8. The summed E-state index contributed by atoms with van der Waals surface area (Å²) < 4.78 is 28.5. The van der Waals surface area contributed by atoms with Crippen LogP contribution < -0.4 is 10.0 Å². The molecule has 1 aliphatic carbocycles. The lowest BCUT2D eigenvalue weighted by molar-refractivity contribution is -0.143. The van der Waals surface area contributed by atoms with E-state index >= 15 is 0 Å². The summed E-state index contributed by atoms with van der Waals surface area (Å²) >= 11 is 0. The molecule has 0 spiro atoms. The minimum Gasteiger partial charge on any atom is -0.480 e. The van der Waals surface area contributed by atoms with E-state index in [1.54, 1.807) is 31.2 Å². The van der Waals surface area contributed by atoms with E-state index in [1.165, 1.54) is 0 Å². The van der Waals surface area contributed by atoms with Gasteiger partial charge in [0.25, 0.3) is 0 Å². The Morgan fingerprint density at radius 1 is 1.09 bits per heavy atom. The Labute approximate surface area is 194 Å². The van der Waals surface area contributed by atoms with Gasteiger partial charge in [0.15, 0.2) is 0 Å². The summed E-state index contributed by atoms with van der Waals surface area (Å²) in [5.41, 5.74) is 0.646. The van der Waals surface area contributed by atoms with Crippen LogP contribution in [0.25, 0.3) is 0 Å². The van der Waals surface area contributed by atoms with Gasteiger partial charge in [-0.05, 0) is 75.0 Å². The van der Waals surface area contributed by atoms with E-state index < -0.39 is 40.1 Å². The SMILES string of the molecule is Cc1ccccc1S(=O)(=O)NC1CC(C(=O)O)N(CC2CCC3CNC(C(=O)O)CC3C2)C1. The Kier molecular flexibility index (Phi) is 7.09. The van der Waals surface area contributed by atoms with E-state index in [-0.39, 0.29) is 17.2 Å². The molecule has 182 valence electrons. The Hall–Kier alpha value is -2.01. The average Bonchev–Trinajstić information content (AvgIpc) is 3.15. The van der Waals surface area contributed by atoms with Crippen molar-refractivity contribution in [3.05, 3.63) is 29.8 Å². The molecule has 2 aliphatic heterocycles. The number of rotatable bonds is 7. The highest BCUT2D eigenvalue weighted by molar-refractivity contribution is 7.89. The monoisotopic (exact) mass is 479 g/mol. The minimum absolute atomic E-state index is 0.215. The molecule has 1 aromatic rings. The van der Waals surface area contributed by atoms with Crippen LogP contribution in [0.1, 0.15) is 37.7 Å². The summed E-state index contributed by atoms with van der Waals surface area (Å²) in [5, 5.41) is 22.3. The number of fused-ring (bicyclic) bond motifs is 1. The number of hydrogen-bond donors (Lipinski definition) is 4. The molecule has 10 heteroatoms. The molecule has 6 atom stereocenters. The molecule has 4 rings (SSSR count). The Morgan fingerprint density at radius 3 is 2.55 bits per heavy atom. The van der Waals surface area contributed by atoms with Gasteiger partial charge in [0.1, 0.15) is 12.1 Å². The van der Waals surface area contributed by atoms with Gasteiger partial charge in [-0.15, -0.1) is 0 Å². The van der Waals surface area contributed by atoms with E-state index in [2.05, 4.69) is 10.0 Å². The second-order valence-electron chi connectivity index (χ2n) is 9.86. The second-order valence-corrected chi connectivity index (χ2v) is 11.5. The Morgan fingerprint density at radius 2 is 1.85 bits per heavy atom. The quantitative estimate of drug-likeness (QED) is 0.459. The molecule has 1 saturated carbocycles. The molecule has 2 heterocycles. The molecule has 33 heavy (non-hydrogen) atoms. The lowest BCUT2D eigenvalue weighted by Gasteiger charge is -2.42. The van der Waals surface area contributed by atoms with Crippen molar-refractivity contribution in [3.8, 4) is 0 Å². The first-order chi connectivity index (χ1) is 15.6. The number of hydrogen-bond acceptors (Lipinski definition) is 6. The van der Waals surface area contributed by atoms with Gasteiger partial charge in [-0.3, -0.25) is 14.5 Å². The zero-order chi connectivity index (χ0) is 23.8. The predicted octanol–water partition coefficient (Wildman–Crippen LogP) is 1.28. The van der Waals surface area contributed by atoms with Crippen molar-refractivity contribution < 1.29 is 28.2 Å². The highest BCUT2D eigenvalue weighted by atomic mass is 32.2. The molecule has 1 aromatic carbocycles. The van der Waals surface area contributed by atoms with Crippen LogP contribution in [0.5, 0.6) is 0 Å². The van der Waals surface area contributed by atoms with Crippen LogP contribution in [0.4, 0.5) is 0 Å². The van der Waals surface area contributed by atoms with Crippen LogP contribution in [-0.2, 0) is 19.6 Å². The van der Waals surface area contributed by atoms with Crippen LogP contribution in [-0.4, -0.2) is 73.2 Å². The van der Waals surface area contributed by atoms with Crippen molar-refractivity contribution in [1.29, 1.82) is 0 Å². The van der Waals surface area contributed by atoms with Gasteiger partial charge < -0.3 is 15.5 Å². The Balaban J connectivity index is 1.40. The molecule has 6 unspecified atom stereocenters. The van der Waals surface area contributed by atoms with Crippen molar-refractivity contribution >= 4 is 22.0 Å². The molecule has 0 amide bonds. The number of benzene rings is 1. The summed E-state index contributed by atoms with van der Waals surface area (Å²) in [6.07, 6.45) is 3.70. The van der Waals surface area contributed by atoms with Crippen LogP contribution in [0.2, 0.25) is 0 Å². The largest absolute Gasteiger partial charge is 0.480 e. The standard InChI is InChI=1S/C23H33N3O6S/c1-14-4-2-3-5-21(14)33(31,32)25-18-10-20(23(29)30)26(13-18)12-15-6-7-16-11-24-19(22(27)28)9-17(16)8-15/h2-5,15-20,24-25H,6-13H2,1H3,(H,27,28)(H,29,30). The first kappa shape index (κ1) is 24.1. The van der Waals surface area contributed by atoms with Gasteiger partial charge in [-0.2, -0.15) is 0 Å². The summed E-state index contributed by atoms with van der Waals surface area (Å²) in [7, 11) is -3.74. The predicted molar refractivity (Wildman–Crippen MR) is 121 cm³/mol. The van der Waals surface area contributed by atoms with Crippen LogP contribution in [0, 0.1) is 24.7 Å². The number of aliphatic carboxylic acids is 2. The van der Waals surface area contributed by atoms with Gasteiger partial charge in [-0.25, -0.2) is 13.1 Å². The van der Waals surface area contributed by atoms with Crippen LogP contribution in [0.3, 0.4) is 0 Å². The number of carboxylic acid groups (broad SMARTS) is 2. The minimum atomic E-state index is -3.74. The summed E-state index contributed by atoms with van der Waals surface area (Å²) in [6, 6.07) is 5.04. The van der Waals surface area contributed by atoms with Crippen molar-refractivity contribution in [2.45, 2.75) is 62.0 Å². The molecule has 0 bridgehead atoms. The zero-order valence-corrected chi connectivity index (χ0v) is 19.6. The smallest absolute Gasteiger partial charge is 0.320 e. The van der Waals surface area contributed by atoms with Gasteiger partial charge >= 0.3 is 11.9 Å². The van der Waals surface area contributed by atoms with Crippen molar-refractivity contribution in [2.24, 2.45) is 17.8 Å². The van der Waals surface area contributed by atoms with Crippen molar-refractivity contribution in [3.63, 3.8) is 0 Å². The fourth-order valence-electron chi connectivity index (χ4n) is 5.94. The highest BCUT2D eigenvalue weighted by Crippen LogP contribution is 2.39. The van der Waals surface area contributed by atoms with Gasteiger partial charge in [-0.1, -0.05) is 18.2 Å². The lowest BCUT2D eigenvalue weighted by atomic mass is 9.69. The number of nitrogens with one attached hydrogen (secondary N) is 2. The molecule has 0 radical (unpaired) electrons. The fourth-order valence-corrected chi connectivity index (χ4v) is 7.42. The Bertz CT molecular complexity index is 1000. The number of carbonyl (C=O) groups is 2. The molecule has 3 aliphatic rings. The van der Waals surface area contributed by atoms with Gasteiger partial charge in [0, 0.05) is 19.1 Å². The maximum atomic E-state index is 12.9. The number of nitrogens with zero attached hydrogens (tertiary/aromatic N) is 1. The molecular formula is C23H33N3O6S. The number of sulfonamides is 1. The normalized spacial score (nSPS) is 32.9. The highest BCUT2D eigenvalue weighted by Gasteiger charge is 2.42. The first-order valence-corrected chi connectivity index (χ1v) is 13.1. The molecule has 0 aromatic heterocycles. The molecule has 4 N–H and O–H groups in total. The summed E-state index contributed by atoms with van der Waals surface area (Å²) in [5.74, 6) is -0.669. The van der Waals surface area contributed by atoms with E-state index in [1.807, 2.05) is 4.90 Å². The third-order valence-corrected chi connectivity index (χ3v) is 9.28. The maximum Gasteiger partial charge on any atom is 0.320 e. The summed E-state index contributed by atoms with van der Waals surface area (Å²) in [6.45, 7) is 3.40. The van der Waals surface area contributed by atoms with Crippen LogP contribution in [0.15, 0.2) is 29.2 Å². The second kappa shape index (κ2) is 9.69.